The normalized spacial score (nSPS) is 13.7. The Kier molecular flexibility index (Phi) is 6.05. The van der Waals surface area contributed by atoms with Crippen LogP contribution in [0.2, 0.25) is 0 Å². The van der Waals surface area contributed by atoms with Gasteiger partial charge in [0, 0.05) is 12.3 Å². The Balaban J connectivity index is 1.68. The summed E-state index contributed by atoms with van der Waals surface area (Å²) in [5.74, 6) is 0.339. The number of ether oxygens (including phenoxy) is 2. The third-order valence-electron chi connectivity index (χ3n) is 3.51. The highest BCUT2D eigenvalue weighted by Gasteiger charge is 2.16. The van der Waals surface area contributed by atoms with Crippen molar-refractivity contribution in [3.8, 4) is 5.75 Å². The van der Waals surface area contributed by atoms with Crippen LogP contribution in [0.15, 0.2) is 53.7 Å². The maximum Gasteiger partial charge on any atom is 0.191 e. The van der Waals surface area contributed by atoms with Crippen molar-refractivity contribution in [3.05, 3.63) is 58.1 Å². The average Bonchev–Trinajstić information content (AvgIpc) is 2.95. The van der Waals surface area contributed by atoms with Crippen molar-refractivity contribution in [2.45, 2.75) is 24.5 Å². The van der Waals surface area contributed by atoms with Gasteiger partial charge in [0.05, 0.1) is 19.4 Å². The van der Waals surface area contributed by atoms with E-state index in [1.807, 2.05) is 37.3 Å². The van der Waals surface area contributed by atoms with E-state index in [1.54, 1.807) is 22.9 Å². The van der Waals surface area contributed by atoms with E-state index in [-0.39, 0.29) is 11.0 Å². The van der Waals surface area contributed by atoms with E-state index >= 15 is 0 Å². The van der Waals surface area contributed by atoms with E-state index in [1.165, 1.54) is 0 Å². The second kappa shape index (κ2) is 8.26. The van der Waals surface area contributed by atoms with Crippen LogP contribution in [0.5, 0.6) is 5.75 Å². The molecule has 0 fully saturated rings. The van der Waals surface area contributed by atoms with E-state index in [4.69, 9.17) is 9.47 Å². The number of imidazole rings is 1. The fourth-order valence-electron chi connectivity index (χ4n) is 2.35. The van der Waals surface area contributed by atoms with E-state index in [2.05, 4.69) is 27.6 Å². The minimum atomic E-state index is -2.16. The molecule has 3 aromatic rings. The lowest BCUT2D eigenvalue weighted by Crippen LogP contribution is -2.20. The molecule has 1 N–H and O–H groups in total. The summed E-state index contributed by atoms with van der Waals surface area (Å²) in [5, 5.41) is 0. The number of hydrogen-bond acceptors (Lipinski definition) is 4. The number of benzene rings is 1. The molecule has 0 aliphatic heterocycles. The summed E-state index contributed by atoms with van der Waals surface area (Å²) in [4.78, 5) is 4.46. The van der Waals surface area contributed by atoms with Gasteiger partial charge in [0.2, 0.25) is 0 Å². The van der Waals surface area contributed by atoms with Crippen LogP contribution < -0.4 is 4.74 Å². The molecule has 3 rings (SSSR count). The Hall–Kier alpha value is -1.49. The summed E-state index contributed by atoms with van der Waals surface area (Å²) in [7, 11) is 0. The molecule has 0 aliphatic rings. The second-order valence-corrected chi connectivity index (χ2v) is 7.53. The molecular weight excluding hydrogens is 455 g/mol. The molecule has 0 radical (unpaired) electrons. The third kappa shape index (κ3) is 4.57. The SMILES string of the molecule is C[C@@H](COCc1ccccc1)Oc1cc2ncc(I)n2cc1S(=O)O. The van der Waals surface area contributed by atoms with Crippen molar-refractivity contribution < 1.29 is 18.2 Å². The van der Waals surface area contributed by atoms with Gasteiger partial charge in [-0.2, -0.15) is 0 Å². The maximum absolute atomic E-state index is 11.6. The average molecular weight is 472 g/mol. The van der Waals surface area contributed by atoms with Gasteiger partial charge in [-0.3, -0.25) is 4.40 Å². The molecule has 0 saturated carbocycles. The maximum atomic E-state index is 11.6. The second-order valence-electron chi connectivity index (χ2n) is 5.49. The fourth-order valence-corrected chi connectivity index (χ4v) is 3.35. The zero-order chi connectivity index (χ0) is 17.8. The Morgan fingerprint density at radius 2 is 2.12 bits per heavy atom. The van der Waals surface area contributed by atoms with Crippen LogP contribution in [-0.4, -0.2) is 30.9 Å². The quantitative estimate of drug-likeness (QED) is 0.421. The van der Waals surface area contributed by atoms with Gasteiger partial charge in [-0.25, -0.2) is 9.19 Å². The molecule has 0 spiro atoms. The van der Waals surface area contributed by atoms with E-state index < -0.39 is 11.1 Å². The Bertz CT molecular complexity index is 885. The highest BCUT2D eigenvalue weighted by Crippen LogP contribution is 2.26. The largest absolute Gasteiger partial charge is 0.487 e. The Labute approximate surface area is 161 Å². The zero-order valence-corrected chi connectivity index (χ0v) is 16.4. The summed E-state index contributed by atoms with van der Waals surface area (Å²) >= 11 is -0.0451. The van der Waals surface area contributed by atoms with Crippen LogP contribution in [-0.2, 0) is 22.4 Å². The van der Waals surface area contributed by atoms with Crippen LogP contribution in [0.1, 0.15) is 12.5 Å². The van der Waals surface area contributed by atoms with Crippen LogP contribution >= 0.6 is 22.6 Å². The van der Waals surface area contributed by atoms with Gasteiger partial charge in [-0.05, 0) is 35.1 Å². The Morgan fingerprint density at radius 3 is 2.84 bits per heavy atom. The zero-order valence-electron chi connectivity index (χ0n) is 13.5. The van der Waals surface area contributed by atoms with E-state index in [0.717, 1.165) is 9.26 Å². The minimum absolute atomic E-state index is 0.207. The van der Waals surface area contributed by atoms with Gasteiger partial charge in [-0.1, -0.05) is 30.3 Å². The summed E-state index contributed by atoms with van der Waals surface area (Å²) in [6.07, 6.45) is 2.99. The molecule has 0 bridgehead atoms. The lowest BCUT2D eigenvalue weighted by atomic mass is 10.2. The van der Waals surface area contributed by atoms with Crippen molar-refractivity contribution in [1.29, 1.82) is 0 Å². The minimum Gasteiger partial charge on any atom is -0.487 e. The smallest absolute Gasteiger partial charge is 0.191 e. The first-order valence-corrected chi connectivity index (χ1v) is 9.79. The molecule has 1 aromatic carbocycles. The van der Waals surface area contributed by atoms with Crippen LogP contribution in [0.25, 0.3) is 5.65 Å². The number of nitrogens with zero attached hydrogens (tertiary/aromatic N) is 2. The van der Waals surface area contributed by atoms with Crippen LogP contribution in [0, 0.1) is 3.70 Å². The molecule has 2 heterocycles. The number of rotatable bonds is 7. The number of fused-ring (bicyclic) bond motifs is 1. The summed E-state index contributed by atoms with van der Waals surface area (Å²) in [5.41, 5.74) is 1.74. The number of pyridine rings is 1. The standard InChI is InChI=1S/C17H17IN2O4S/c1-12(10-23-11-13-5-3-2-4-6-13)24-14-7-17-19-8-16(18)20(17)9-15(14)25(21)22/h2-9,12H,10-11H2,1H3,(H,21,22)/t12-/m0/s1. The molecule has 25 heavy (non-hydrogen) atoms. The molecule has 8 heteroatoms. The number of aromatic nitrogens is 2. The lowest BCUT2D eigenvalue weighted by Gasteiger charge is -2.17. The summed E-state index contributed by atoms with van der Waals surface area (Å²) in [6.45, 7) is 2.71. The van der Waals surface area contributed by atoms with Crippen molar-refractivity contribution in [3.63, 3.8) is 0 Å². The topological polar surface area (TPSA) is 73.1 Å². The van der Waals surface area contributed by atoms with Crippen molar-refractivity contribution in [1.82, 2.24) is 9.38 Å². The van der Waals surface area contributed by atoms with Crippen molar-refractivity contribution in [2.24, 2.45) is 0 Å². The lowest BCUT2D eigenvalue weighted by molar-refractivity contribution is 0.0480. The van der Waals surface area contributed by atoms with Crippen LogP contribution in [0.4, 0.5) is 0 Å². The highest BCUT2D eigenvalue weighted by molar-refractivity contribution is 14.1. The summed E-state index contributed by atoms with van der Waals surface area (Å²) in [6, 6.07) is 11.5. The van der Waals surface area contributed by atoms with Crippen molar-refractivity contribution in [2.75, 3.05) is 6.61 Å². The molecule has 6 nitrogen and oxygen atoms in total. The first kappa shape index (κ1) is 18.3. The highest BCUT2D eigenvalue weighted by atomic mass is 127. The van der Waals surface area contributed by atoms with Crippen LogP contribution in [0.3, 0.4) is 0 Å². The van der Waals surface area contributed by atoms with Gasteiger partial charge in [-0.15, -0.1) is 0 Å². The monoisotopic (exact) mass is 472 g/mol. The Morgan fingerprint density at radius 1 is 1.36 bits per heavy atom. The summed E-state index contributed by atoms with van der Waals surface area (Å²) < 4.78 is 35.3. The third-order valence-corrected chi connectivity index (χ3v) is 4.99. The van der Waals surface area contributed by atoms with Gasteiger partial charge in [0.1, 0.15) is 26.1 Å². The molecule has 132 valence electrons. The van der Waals surface area contributed by atoms with Gasteiger partial charge in [0.15, 0.2) is 11.1 Å². The predicted octanol–water partition coefficient (Wildman–Crippen LogP) is 3.50. The van der Waals surface area contributed by atoms with E-state index in [9.17, 15) is 8.76 Å². The predicted molar refractivity (Wildman–Crippen MR) is 103 cm³/mol. The van der Waals surface area contributed by atoms with Gasteiger partial charge in [0.25, 0.3) is 0 Å². The number of halogens is 1. The molecule has 2 atom stereocenters. The molecule has 0 saturated heterocycles. The van der Waals surface area contributed by atoms with Gasteiger partial charge < -0.3 is 14.0 Å². The molecule has 1 unspecified atom stereocenters. The van der Waals surface area contributed by atoms with E-state index in [0.29, 0.717) is 24.6 Å². The molecule has 0 amide bonds. The molecular formula is C17H17IN2O4S. The first-order valence-electron chi connectivity index (χ1n) is 7.60. The molecule has 0 aliphatic carbocycles. The molecule has 2 aromatic heterocycles. The fraction of sp³-hybridized carbons (Fsp3) is 0.235. The number of hydrogen-bond donors (Lipinski definition) is 1. The first-order chi connectivity index (χ1) is 12.0. The van der Waals surface area contributed by atoms with Crippen molar-refractivity contribution >= 4 is 39.3 Å². The van der Waals surface area contributed by atoms with Gasteiger partial charge >= 0.3 is 0 Å².